The molecule has 1 fully saturated rings. The van der Waals surface area contributed by atoms with Gasteiger partial charge in [-0.3, -0.25) is 14.5 Å². The molecule has 2 atom stereocenters. The third kappa shape index (κ3) is 5.17. The molecule has 2 aromatic rings. The molecule has 0 bridgehead atoms. The Morgan fingerprint density at radius 2 is 1.96 bits per heavy atom. The fourth-order valence-electron chi connectivity index (χ4n) is 3.43. The summed E-state index contributed by atoms with van der Waals surface area (Å²) in [7, 11) is 0. The number of rotatable bonds is 7. The average molecular weight is 386 g/mol. The molecule has 0 radical (unpaired) electrons. The van der Waals surface area contributed by atoms with Gasteiger partial charge in [0, 0.05) is 17.0 Å². The second-order valence-corrected chi connectivity index (χ2v) is 8.06. The second kappa shape index (κ2) is 9.15. The molecule has 27 heavy (non-hydrogen) atoms. The van der Waals surface area contributed by atoms with Crippen molar-refractivity contribution in [2.24, 2.45) is 0 Å². The zero-order chi connectivity index (χ0) is 19.2. The molecule has 0 aliphatic carbocycles. The lowest BCUT2D eigenvalue weighted by Crippen LogP contribution is -2.47. The molecule has 5 nitrogen and oxygen atoms in total. The highest BCUT2D eigenvalue weighted by Crippen LogP contribution is 2.27. The maximum atomic E-state index is 12.5. The van der Waals surface area contributed by atoms with Gasteiger partial charge in [-0.2, -0.15) is 0 Å². The molecule has 1 aliphatic rings. The number of carbonyl (C=O) groups excluding carboxylic acids is 2. The zero-order valence-corrected chi connectivity index (χ0v) is 16.7. The van der Waals surface area contributed by atoms with Crippen LogP contribution in [0.4, 0.5) is 0 Å². The minimum atomic E-state index is -0.583. The molecule has 2 unspecified atom stereocenters. The molecule has 1 aromatic heterocycles. The van der Waals surface area contributed by atoms with Crippen molar-refractivity contribution in [1.82, 2.24) is 15.5 Å². The molecular formula is C21H27N3O2S. The van der Waals surface area contributed by atoms with Crippen molar-refractivity contribution in [2.45, 2.75) is 38.8 Å². The first kappa shape index (κ1) is 19.6. The van der Waals surface area contributed by atoms with Crippen molar-refractivity contribution < 1.29 is 9.59 Å². The quantitative estimate of drug-likeness (QED) is 0.770. The largest absolute Gasteiger partial charge is 0.352 e. The summed E-state index contributed by atoms with van der Waals surface area (Å²) in [6.07, 6.45) is 2.41. The van der Waals surface area contributed by atoms with E-state index >= 15 is 0 Å². The van der Waals surface area contributed by atoms with E-state index in [0.29, 0.717) is 12.1 Å². The van der Waals surface area contributed by atoms with E-state index in [1.54, 1.807) is 24.3 Å². The molecule has 2 amide bonds. The van der Waals surface area contributed by atoms with Crippen molar-refractivity contribution in [1.29, 1.82) is 0 Å². The van der Waals surface area contributed by atoms with E-state index < -0.39 is 6.04 Å². The van der Waals surface area contributed by atoms with Crippen LogP contribution in [0.25, 0.3) is 0 Å². The molecule has 1 aliphatic heterocycles. The molecule has 1 saturated heterocycles. The second-order valence-electron chi connectivity index (χ2n) is 7.08. The van der Waals surface area contributed by atoms with Gasteiger partial charge in [-0.15, -0.1) is 11.3 Å². The summed E-state index contributed by atoms with van der Waals surface area (Å²) < 4.78 is 0. The van der Waals surface area contributed by atoms with Crippen molar-refractivity contribution in [2.75, 3.05) is 19.6 Å². The number of hydrogen-bond acceptors (Lipinski definition) is 4. The monoisotopic (exact) mass is 385 g/mol. The highest BCUT2D eigenvalue weighted by atomic mass is 32.1. The number of carbonyl (C=O) groups is 2. The Morgan fingerprint density at radius 3 is 2.63 bits per heavy atom. The van der Waals surface area contributed by atoms with Crippen LogP contribution in [0.1, 0.15) is 46.6 Å². The number of nitrogens with one attached hydrogen (secondary N) is 2. The Morgan fingerprint density at radius 1 is 1.19 bits per heavy atom. The lowest BCUT2D eigenvalue weighted by molar-refractivity contribution is -0.122. The molecule has 2 heterocycles. The Balaban J connectivity index is 1.56. The van der Waals surface area contributed by atoms with E-state index in [1.165, 1.54) is 17.7 Å². The van der Waals surface area contributed by atoms with Crippen LogP contribution in [0.3, 0.4) is 0 Å². The Kier molecular flexibility index (Phi) is 6.63. The van der Waals surface area contributed by atoms with Crippen molar-refractivity contribution in [3.8, 4) is 0 Å². The Hall–Kier alpha value is -2.18. The van der Waals surface area contributed by atoms with E-state index in [4.69, 9.17) is 0 Å². The zero-order valence-electron chi connectivity index (χ0n) is 15.9. The highest BCUT2D eigenvalue weighted by Gasteiger charge is 2.25. The van der Waals surface area contributed by atoms with Crippen LogP contribution in [0.5, 0.6) is 0 Å². The minimum Gasteiger partial charge on any atom is -0.352 e. The Labute approximate surface area is 164 Å². The fourth-order valence-corrected chi connectivity index (χ4v) is 4.29. The number of amides is 2. The summed E-state index contributed by atoms with van der Waals surface area (Å²) >= 11 is 1.72. The van der Waals surface area contributed by atoms with Crippen LogP contribution in [0, 0.1) is 6.92 Å². The molecule has 0 spiro atoms. The third-order valence-electron chi connectivity index (χ3n) is 4.94. The number of nitrogens with zero attached hydrogens (tertiary/aromatic N) is 1. The summed E-state index contributed by atoms with van der Waals surface area (Å²) in [6.45, 7) is 6.36. The number of benzene rings is 1. The van der Waals surface area contributed by atoms with Crippen LogP contribution >= 0.6 is 11.3 Å². The topological polar surface area (TPSA) is 61.4 Å². The van der Waals surface area contributed by atoms with Gasteiger partial charge in [0.1, 0.15) is 6.04 Å². The Bertz CT molecular complexity index is 769. The van der Waals surface area contributed by atoms with Gasteiger partial charge in [-0.05, 0) is 63.4 Å². The van der Waals surface area contributed by atoms with Crippen LogP contribution < -0.4 is 10.6 Å². The van der Waals surface area contributed by atoms with Gasteiger partial charge >= 0.3 is 0 Å². The first-order chi connectivity index (χ1) is 13.0. The van der Waals surface area contributed by atoms with Gasteiger partial charge in [-0.1, -0.05) is 23.8 Å². The van der Waals surface area contributed by atoms with E-state index in [-0.39, 0.29) is 17.9 Å². The highest BCUT2D eigenvalue weighted by molar-refractivity contribution is 7.10. The van der Waals surface area contributed by atoms with E-state index in [1.807, 2.05) is 25.1 Å². The maximum Gasteiger partial charge on any atom is 0.251 e. The molecule has 2 N–H and O–H groups in total. The van der Waals surface area contributed by atoms with Gasteiger partial charge in [-0.25, -0.2) is 0 Å². The fraction of sp³-hybridized carbons (Fsp3) is 0.429. The van der Waals surface area contributed by atoms with Crippen LogP contribution in [-0.4, -0.2) is 42.4 Å². The summed E-state index contributed by atoms with van der Waals surface area (Å²) in [5.41, 5.74) is 1.59. The smallest absolute Gasteiger partial charge is 0.251 e. The number of thiophene rings is 1. The average Bonchev–Trinajstić information content (AvgIpc) is 3.36. The van der Waals surface area contributed by atoms with Gasteiger partial charge in [0.05, 0.1) is 6.04 Å². The van der Waals surface area contributed by atoms with Crippen LogP contribution in [-0.2, 0) is 4.79 Å². The predicted octanol–water partition coefficient (Wildman–Crippen LogP) is 3.13. The van der Waals surface area contributed by atoms with Crippen molar-refractivity contribution in [3.63, 3.8) is 0 Å². The van der Waals surface area contributed by atoms with Gasteiger partial charge in [0.25, 0.3) is 5.91 Å². The van der Waals surface area contributed by atoms with E-state index in [2.05, 4.69) is 33.0 Å². The number of likely N-dealkylation sites (tertiary alicyclic amines) is 1. The summed E-state index contributed by atoms with van der Waals surface area (Å²) in [4.78, 5) is 28.6. The first-order valence-corrected chi connectivity index (χ1v) is 10.4. The van der Waals surface area contributed by atoms with E-state index in [0.717, 1.165) is 18.7 Å². The third-order valence-corrected chi connectivity index (χ3v) is 5.92. The van der Waals surface area contributed by atoms with Crippen LogP contribution in [0.2, 0.25) is 0 Å². The SMILES string of the molecule is Cc1cccc(C(=O)NC(C)C(=O)NCC(c2cccs2)N2CCCC2)c1. The first-order valence-electron chi connectivity index (χ1n) is 9.47. The lowest BCUT2D eigenvalue weighted by Gasteiger charge is -2.27. The summed E-state index contributed by atoms with van der Waals surface area (Å²) in [5, 5.41) is 7.89. The molecule has 144 valence electrons. The van der Waals surface area contributed by atoms with Crippen molar-refractivity contribution >= 4 is 23.2 Å². The summed E-state index contributed by atoms with van der Waals surface area (Å²) in [5.74, 6) is -0.382. The summed E-state index contributed by atoms with van der Waals surface area (Å²) in [6, 6.07) is 11.2. The lowest BCUT2D eigenvalue weighted by atomic mass is 10.1. The predicted molar refractivity (Wildman–Crippen MR) is 109 cm³/mol. The van der Waals surface area contributed by atoms with Crippen LogP contribution in [0.15, 0.2) is 41.8 Å². The molecule has 3 rings (SSSR count). The normalized spacial score (nSPS) is 16.7. The molecule has 0 saturated carbocycles. The standard InChI is InChI=1S/C21H27N3O2S/c1-15-7-5-8-17(13-15)21(26)23-16(2)20(25)22-14-18(19-9-6-12-27-19)24-10-3-4-11-24/h5-9,12-13,16,18H,3-4,10-11,14H2,1-2H3,(H,22,25)(H,23,26). The number of hydrogen-bond donors (Lipinski definition) is 2. The molecule has 6 heteroatoms. The van der Waals surface area contributed by atoms with E-state index in [9.17, 15) is 9.59 Å². The number of aryl methyl sites for hydroxylation is 1. The maximum absolute atomic E-state index is 12.5. The minimum absolute atomic E-state index is 0.156. The molecule has 1 aromatic carbocycles. The van der Waals surface area contributed by atoms with Gasteiger partial charge in [0.2, 0.25) is 5.91 Å². The van der Waals surface area contributed by atoms with Gasteiger partial charge in [0.15, 0.2) is 0 Å². The molecular weight excluding hydrogens is 358 g/mol. The van der Waals surface area contributed by atoms with Gasteiger partial charge < -0.3 is 10.6 Å². The van der Waals surface area contributed by atoms with Crippen molar-refractivity contribution in [3.05, 3.63) is 57.8 Å².